The molecule has 1 saturated heterocycles. The highest BCUT2D eigenvalue weighted by molar-refractivity contribution is 6.09. The van der Waals surface area contributed by atoms with Crippen LogP contribution in [0.15, 0.2) is 66.9 Å². The number of nitrogens with one attached hydrogen (secondary N) is 2. The lowest BCUT2D eigenvalue weighted by atomic mass is 10.1. The molecule has 2 heterocycles. The minimum atomic E-state index is -0.299. The average Bonchev–Trinajstić information content (AvgIpc) is 2.92. The van der Waals surface area contributed by atoms with Crippen LogP contribution in [0.5, 0.6) is 5.75 Å². The van der Waals surface area contributed by atoms with E-state index < -0.39 is 0 Å². The summed E-state index contributed by atoms with van der Waals surface area (Å²) >= 11 is 0. The fourth-order valence-corrected chi connectivity index (χ4v) is 4.01. The molecule has 8 heteroatoms. The summed E-state index contributed by atoms with van der Waals surface area (Å²) in [6, 6.07) is 17.7. The number of rotatable bonds is 8. The van der Waals surface area contributed by atoms with Gasteiger partial charge in [0.15, 0.2) is 0 Å². The summed E-state index contributed by atoms with van der Waals surface area (Å²) in [7, 11) is 1.57. The van der Waals surface area contributed by atoms with E-state index in [0.29, 0.717) is 29.1 Å². The van der Waals surface area contributed by atoms with E-state index in [1.165, 1.54) is 0 Å². The number of methoxy groups -OCH3 is 1. The first-order valence-electron chi connectivity index (χ1n) is 11.8. The zero-order valence-electron chi connectivity index (χ0n) is 20.2. The average molecular weight is 474 g/mol. The van der Waals surface area contributed by atoms with E-state index in [2.05, 4.69) is 32.3 Å². The van der Waals surface area contributed by atoms with Crippen LogP contribution in [0.4, 0.5) is 11.5 Å². The van der Waals surface area contributed by atoms with Gasteiger partial charge in [0, 0.05) is 44.5 Å². The molecule has 35 heavy (non-hydrogen) atoms. The molecule has 0 spiro atoms. The Hall–Kier alpha value is -3.91. The maximum atomic E-state index is 12.9. The molecule has 3 aromatic rings. The number of carbonyl (C=O) groups excluding carboxylic acids is 2. The van der Waals surface area contributed by atoms with Gasteiger partial charge in [-0.25, -0.2) is 4.98 Å². The zero-order valence-corrected chi connectivity index (χ0v) is 20.2. The smallest absolute Gasteiger partial charge is 0.255 e. The Kier molecular flexibility index (Phi) is 7.95. The van der Waals surface area contributed by atoms with Crippen LogP contribution >= 0.6 is 0 Å². The molecule has 0 aliphatic carbocycles. The van der Waals surface area contributed by atoms with E-state index in [4.69, 9.17) is 4.74 Å². The van der Waals surface area contributed by atoms with Crippen molar-refractivity contribution in [3.05, 3.63) is 83.6 Å². The molecule has 2 amide bonds. The van der Waals surface area contributed by atoms with E-state index >= 15 is 0 Å². The number of amides is 2. The van der Waals surface area contributed by atoms with Gasteiger partial charge in [-0.3, -0.25) is 9.59 Å². The summed E-state index contributed by atoms with van der Waals surface area (Å²) in [5.74, 6) is 1.06. The third kappa shape index (κ3) is 6.16. The lowest BCUT2D eigenvalue weighted by Gasteiger charge is -2.34. The molecule has 1 fully saturated rings. The SMILES string of the molecule is CCN1CCN(c2ccc(CNC(=O)c3ccccc3NC(=O)c3ccc(OC)cc3)cn2)CC1. The van der Waals surface area contributed by atoms with Crippen LogP contribution in [0, 0.1) is 0 Å². The number of pyridine rings is 1. The number of ether oxygens (including phenoxy) is 1. The molecule has 8 nitrogen and oxygen atoms in total. The lowest BCUT2D eigenvalue weighted by molar-refractivity contribution is 0.0951. The van der Waals surface area contributed by atoms with Crippen LogP contribution in [0.2, 0.25) is 0 Å². The second kappa shape index (κ2) is 11.5. The van der Waals surface area contributed by atoms with Crippen LogP contribution in [0.25, 0.3) is 0 Å². The van der Waals surface area contributed by atoms with Gasteiger partial charge in [0.2, 0.25) is 0 Å². The quantitative estimate of drug-likeness (QED) is 0.521. The van der Waals surface area contributed by atoms with Crippen molar-refractivity contribution >= 4 is 23.3 Å². The van der Waals surface area contributed by atoms with Gasteiger partial charge in [0.25, 0.3) is 11.8 Å². The first kappa shape index (κ1) is 24.2. The van der Waals surface area contributed by atoms with Crippen LogP contribution in [-0.2, 0) is 6.54 Å². The van der Waals surface area contributed by atoms with Gasteiger partial charge >= 0.3 is 0 Å². The Labute approximate surface area is 205 Å². The summed E-state index contributed by atoms with van der Waals surface area (Å²) in [6.45, 7) is 7.63. The van der Waals surface area contributed by atoms with Crippen LogP contribution in [0.1, 0.15) is 33.2 Å². The second-order valence-electron chi connectivity index (χ2n) is 8.36. The number of hydrogen-bond acceptors (Lipinski definition) is 6. The Morgan fingerprint density at radius 1 is 0.943 bits per heavy atom. The molecule has 0 saturated carbocycles. The number of para-hydroxylation sites is 1. The largest absolute Gasteiger partial charge is 0.497 e. The van der Waals surface area contributed by atoms with Crippen LogP contribution in [0.3, 0.4) is 0 Å². The van der Waals surface area contributed by atoms with Crippen molar-refractivity contribution in [1.82, 2.24) is 15.2 Å². The lowest BCUT2D eigenvalue weighted by Crippen LogP contribution is -2.46. The minimum absolute atomic E-state index is 0.268. The number of piperazine rings is 1. The third-order valence-electron chi connectivity index (χ3n) is 6.18. The molecule has 0 atom stereocenters. The topological polar surface area (TPSA) is 86.8 Å². The fraction of sp³-hybridized carbons (Fsp3) is 0.296. The zero-order chi connectivity index (χ0) is 24.6. The fourth-order valence-electron chi connectivity index (χ4n) is 4.01. The van der Waals surface area contributed by atoms with Gasteiger partial charge in [-0.05, 0) is 54.6 Å². The molecule has 1 aliphatic rings. The van der Waals surface area contributed by atoms with E-state index in [-0.39, 0.29) is 11.8 Å². The summed E-state index contributed by atoms with van der Waals surface area (Å²) in [5, 5.41) is 5.76. The van der Waals surface area contributed by atoms with Gasteiger partial charge in [-0.1, -0.05) is 25.1 Å². The molecule has 0 unspecified atom stereocenters. The predicted octanol–water partition coefficient (Wildman–Crippen LogP) is 3.41. The molecule has 4 rings (SSSR count). The van der Waals surface area contributed by atoms with Crippen molar-refractivity contribution in [2.45, 2.75) is 13.5 Å². The Bertz CT molecular complexity index is 1140. The van der Waals surface area contributed by atoms with E-state index in [9.17, 15) is 9.59 Å². The van der Waals surface area contributed by atoms with Crippen molar-refractivity contribution in [3.8, 4) is 5.75 Å². The van der Waals surface area contributed by atoms with Gasteiger partial charge in [0.1, 0.15) is 11.6 Å². The van der Waals surface area contributed by atoms with Gasteiger partial charge in [0.05, 0.1) is 18.4 Å². The number of aromatic nitrogens is 1. The third-order valence-corrected chi connectivity index (χ3v) is 6.18. The summed E-state index contributed by atoms with van der Waals surface area (Å²) in [4.78, 5) is 34.9. The van der Waals surface area contributed by atoms with Gasteiger partial charge < -0.3 is 25.2 Å². The van der Waals surface area contributed by atoms with Crippen LogP contribution in [-0.4, -0.2) is 61.5 Å². The van der Waals surface area contributed by atoms with Gasteiger partial charge in [-0.2, -0.15) is 0 Å². The number of likely N-dealkylation sites (N-methyl/N-ethyl adjacent to an activating group) is 1. The summed E-state index contributed by atoms with van der Waals surface area (Å²) in [6.07, 6.45) is 1.80. The number of carbonyl (C=O) groups is 2. The monoisotopic (exact) mass is 473 g/mol. The molecule has 2 aromatic carbocycles. The van der Waals surface area contributed by atoms with E-state index in [1.54, 1.807) is 61.8 Å². The number of nitrogens with zero attached hydrogens (tertiary/aromatic N) is 3. The summed E-state index contributed by atoms with van der Waals surface area (Å²) < 4.78 is 5.13. The highest BCUT2D eigenvalue weighted by atomic mass is 16.5. The van der Waals surface area contributed by atoms with E-state index in [1.807, 2.05) is 12.1 Å². The second-order valence-corrected chi connectivity index (χ2v) is 8.36. The first-order chi connectivity index (χ1) is 17.1. The highest BCUT2D eigenvalue weighted by Crippen LogP contribution is 2.18. The maximum absolute atomic E-state index is 12.9. The van der Waals surface area contributed by atoms with Crippen molar-refractivity contribution in [3.63, 3.8) is 0 Å². The molecule has 1 aliphatic heterocycles. The Morgan fingerprint density at radius 3 is 2.34 bits per heavy atom. The molecule has 0 radical (unpaired) electrons. The molecule has 182 valence electrons. The molecule has 0 bridgehead atoms. The van der Waals surface area contributed by atoms with Gasteiger partial charge in [-0.15, -0.1) is 0 Å². The molecular weight excluding hydrogens is 442 g/mol. The van der Waals surface area contributed by atoms with Crippen LogP contribution < -0.4 is 20.3 Å². The highest BCUT2D eigenvalue weighted by Gasteiger charge is 2.17. The van der Waals surface area contributed by atoms with Crippen molar-refractivity contribution in [2.75, 3.05) is 50.1 Å². The van der Waals surface area contributed by atoms with Crippen molar-refractivity contribution < 1.29 is 14.3 Å². The number of benzene rings is 2. The first-order valence-corrected chi connectivity index (χ1v) is 11.8. The minimum Gasteiger partial charge on any atom is -0.497 e. The number of hydrogen-bond donors (Lipinski definition) is 2. The Morgan fingerprint density at radius 2 is 1.69 bits per heavy atom. The molecular formula is C27H31N5O3. The molecule has 2 N–H and O–H groups in total. The normalized spacial score (nSPS) is 13.8. The number of anilines is 2. The van der Waals surface area contributed by atoms with Crippen molar-refractivity contribution in [2.24, 2.45) is 0 Å². The molecule has 1 aromatic heterocycles. The standard InChI is InChI=1S/C27H31N5O3/c1-3-31-14-16-32(17-15-31)25-13-8-20(18-28-25)19-29-27(34)23-6-4-5-7-24(23)30-26(33)21-9-11-22(35-2)12-10-21/h4-13,18H,3,14-17,19H2,1-2H3,(H,29,34)(H,30,33). The van der Waals surface area contributed by atoms with Crippen molar-refractivity contribution in [1.29, 1.82) is 0 Å². The predicted molar refractivity (Wildman–Crippen MR) is 137 cm³/mol. The summed E-state index contributed by atoms with van der Waals surface area (Å²) in [5.41, 5.74) is 2.23. The Balaban J connectivity index is 1.35. The maximum Gasteiger partial charge on any atom is 0.255 e. The van der Waals surface area contributed by atoms with E-state index in [0.717, 1.165) is 44.1 Å².